The van der Waals surface area contributed by atoms with E-state index in [4.69, 9.17) is 0 Å². The number of amides is 1. The van der Waals surface area contributed by atoms with Crippen molar-refractivity contribution in [3.05, 3.63) is 46.4 Å². The van der Waals surface area contributed by atoms with Crippen LogP contribution in [0.3, 0.4) is 0 Å². The SMILES string of the molecule is O=C(NCCN1CCCCC1)c1cnn2c1[nH]c(=O)c1ccccc12. The first-order chi connectivity index (χ1) is 12.2. The Hall–Kier alpha value is -2.67. The number of fused-ring (bicyclic) bond motifs is 3. The molecule has 0 saturated carbocycles. The highest BCUT2D eigenvalue weighted by Gasteiger charge is 2.16. The quantitative estimate of drug-likeness (QED) is 0.752. The molecule has 2 N–H and O–H groups in total. The molecule has 7 nitrogen and oxygen atoms in total. The van der Waals surface area contributed by atoms with Crippen molar-refractivity contribution in [3.63, 3.8) is 0 Å². The summed E-state index contributed by atoms with van der Waals surface area (Å²) in [6.07, 6.45) is 5.27. The van der Waals surface area contributed by atoms with Crippen LogP contribution in [0.15, 0.2) is 35.3 Å². The zero-order valence-corrected chi connectivity index (χ0v) is 14.0. The van der Waals surface area contributed by atoms with Gasteiger partial charge in [0, 0.05) is 13.1 Å². The fourth-order valence-electron chi connectivity index (χ4n) is 3.45. The van der Waals surface area contributed by atoms with Gasteiger partial charge in [-0.1, -0.05) is 18.6 Å². The lowest BCUT2D eigenvalue weighted by atomic mass is 10.1. The van der Waals surface area contributed by atoms with Gasteiger partial charge in [0.1, 0.15) is 11.2 Å². The Bertz CT molecular complexity index is 968. The van der Waals surface area contributed by atoms with Gasteiger partial charge in [0.05, 0.1) is 17.1 Å². The average molecular weight is 339 g/mol. The number of piperidine rings is 1. The topological polar surface area (TPSA) is 82.5 Å². The van der Waals surface area contributed by atoms with Crippen LogP contribution in [0, 0.1) is 0 Å². The third-order valence-electron chi connectivity index (χ3n) is 4.78. The number of carbonyl (C=O) groups excluding carboxylic acids is 1. The number of nitrogens with zero attached hydrogens (tertiary/aromatic N) is 3. The Morgan fingerprint density at radius 3 is 2.84 bits per heavy atom. The van der Waals surface area contributed by atoms with E-state index in [1.807, 2.05) is 12.1 Å². The van der Waals surface area contributed by atoms with Gasteiger partial charge >= 0.3 is 0 Å². The van der Waals surface area contributed by atoms with Crippen LogP contribution in [0.1, 0.15) is 29.6 Å². The number of hydrogen-bond donors (Lipinski definition) is 2. The van der Waals surface area contributed by atoms with Crippen molar-refractivity contribution in [1.82, 2.24) is 24.8 Å². The molecule has 1 aromatic carbocycles. The first kappa shape index (κ1) is 15.8. The molecule has 1 aliphatic heterocycles. The molecule has 25 heavy (non-hydrogen) atoms. The lowest BCUT2D eigenvalue weighted by Crippen LogP contribution is -2.37. The minimum Gasteiger partial charge on any atom is -0.351 e. The van der Waals surface area contributed by atoms with Crippen LogP contribution in [0.4, 0.5) is 0 Å². The lowest BCUT2D eigenvalue weighted by molar-refractivity contribution is 0.0948. The number of para-hydroxylation sites is 1. The van der Waals surface area contributed by atoms with Gasteiger partial charge in [0.25, 0.3) is 11.5 Å². The normalized spacial score (nSPS) is 15.7. The summed E-state index contributed by atoms with van der Waals surface area (Å²) in [7, 11) is 0. The van der Waals surface area contributed by atoms with Crippen LogP contribution >= 0.6 is 0 Å². The van der Waals surface area contributed by atoms with E-state index in [0.717, 1.165) is 19.6 Å². The number of nitrogens with one attached hydrogen (secondary N) is 2. The van der Waals surface area contributed by atoms with Gasteiger partial charge in [-0.2, -0.15) is 5.10 Å². The third-order valence-corrected chi connectivity index (χ3v) is 4.78. The molecule has 4 rings (SSSR count). The summed E-state index contributed by atoms with van der Waals surface area (Å²) in [4.78, 5) is 29.9. The van der Waals surface area contributed by atoms with Gasteiger partial charge < -0.3 is 15.2 Å². The molecule has 0 bridgehead atoms. The van der Waals surface area contributed by atoms with E-state index >= 15 is 0 Å². The Balaban J connectivity index is 1.54. The molecule has 0 aliphatic carbocycles. The van der Waals surface area contributed by atoms with Crippen molar-refractivity contribution in [3.8, 4) is 0 Å². The highest BCUT2D eigenvalue weighted by molar-refractivity contribution is 6.00. The molecule has 1 saturated heterocycles. The fraction of sp³-hybridized carbons (Fsp3) is 0.389. The van der Waals surface area contributed by atoms with Gasteiger partial charge in [0.15, 0.2) is 0 Å². The second-order valence-electron chi connectivity index (χ2n) is 6.45. The third kappa shape index (κ3) is 3.02. The molecule has 1 fully saturated rings. The van der Waals surface area contributed by atoms with Gasteiger partial charge in [-0.05, 0) is 38.1 Å². The van der Waals surface area contributed by atoms with Crippen LogP contribution in [-0.4, -0.2) is 51.6 Å². The lowest BCUT2D eigenvalue weighted by Gasteiger charge is -2.26. The number of H-pyrrole nitrogens is 1. The summed E-state index contributed by atoms with van der Waals surface area (Å²) in [6, 6.07) is 7.22. The maximum atomic E-state index is 12.5. The molecule has 3 aromatic rings. The molecule has 3 heterocycles. The highest BCUT2D eigenvalue weighted by Crippen LogP contribution is 2.14. The van der Waals surface area contributed by atoms with E-state index in [1.54, 1.807) is 16.6 Å². The van der Waals surface area contributed by atoms with E-state index in [-0.39, 0.29) is 11.5 Å². The number of aromatic amines is 1. The fourth-order valence-corrected chi connectivity index (χ4v) is 3.45. The standard InChI is InChI=1S/C18H21N5O2/c24-17(19-8-11-22-9-4-1-5-10-22)14-12-20-23-15-7-3-2-6-13(15)18(25)21-16(14)23/h2-3,6-7,12H,1,4-5,8-11H2,(H,19,24)(H,21,25). The van der Waals surface area contributed by atoms with Crippen LogP contribution in [-0.2, 0) is 0 Å². The van der Waals surface area contributed by atoms with Gasteiger partial charge in [0.2, 0.25) is 0 Å². The van der Waals surface area contributed by atoms with E-state index in [1.165, 1.54) is 25.5 Å². The zero-order valence-electron chi connectivity index (χ0n) is 14.0. The molecule has 0 unspecified atom stereocenters. The monoisotopic (exact) mass is 339 g/mol. The summed E-state index contributed by atoms with van der Waals surface area (Å²) in [6.45, 7) is 3.65. The van der Waals surface area contributed by atoms with E-state index in [2.05, 4.69) is 20.3 Å². The van der Waals surface area contributed by atoms with Gasteiger partial charge in [-0.15, -0.1) is 0 Å². The summed E-state index contributed by atoms with van der Waals surface area (Å²) in [5, 5.41) is 7.77. The zero-order chi connectivity index (χ0) is 17.2. The molecular weight excluding hydrogens is 318 g/mol. The van der Waals surface area contributed by atoms with Crippen LogP contribution < -0.4 is 10.9 Å². The number of benzene rings is 1. The van der Waals surface area contributed by atoms with Gasteiger partial charge in [-0.25, -0.2) is 4.52 Å². The second kappa shape index (κ2) is 6.68. The maximum Gasteiger partial charge on any atom is 0.259 e. The molecular formula is C18H21N5O2. The second-order valence-corrected chi connectivity index (χ2v) is 6.45. The number of hydrogen-bond acceptors (Lipinski definition) is 4. The van der Waals surface area contributed by atoms with Crippen LogP contribution in [0.25, 0.3) is 16.6 Å². The molecule has 1 aliphatic rings. The van der Waals surface area contributed by atoms with Gasteiger partial charge in [-0.3, -0.25) is 9.59 Å². The maximum absolute atomic E-state index is 12.5. The smallest absolute Gasteiger partial charge is 0.259 e. The molecule has 7 heteroatoms. The van der Waals surface area contributed by atoms with Crippen molar-refractivity contribution in [2.45, 2.75) is 19.3 Å². The van der Waals surface area contributed by atoms with E-state index in [0.29, 0.717) is 28.7 Å². The predicted molar refractivity (Wildman–Crippen MR) is 95.9 cm³/mol. The van der Waals surface area contributed by atoms with Crippen LogP contribution in [0.2, 0.25) is 0 Å². The Labute approximate surface area is 144 Å². The molecule has 0 radical (unpaired) electrons. The van der Waals surface area contributed by atoms with Crippen molar-refractivity contribution >= 4 is 22.5 Å². The minimum atomic E-state index is -0.217. The summed E-state index contributed by atoms with van der Waals surface area (Å²) in [5.41, 5.74) is 1.29. The first-order valence-corrected chi connectivity index (χ1v) is 8.73. The predicted octanol–water partition coefficient (Wildman–Crippen LogP) is 1.39. The Morgan fingerprint density at radius 1 is 1.20 bits per heavy atom. The largest absolute Gasteiger partial charge is 0.351 e. The number of likely N-dealkylation sites (tertiary alicyclic amines) is 1. The van der Waals surface area contributed by atoms with Crippen molar-refractivity contribution in [2.24, 2.45) is 0 Å². The summed E-state index contributed by atoms with van der Waals surface area (Å²) < 4.78 is 1.61. The van der Waals surface area contributed by atoms with E-state index < -0.39 is 0 Å². The van der Waals surface area contributed by atoms with Crippen molar-refractivity contribution in [2.75, 3.05) is 26.2 Å². The number of aromatic nitrogens is 3. The molecule has 0 spiro atoms. The molecule has 130 valence electrons. The number of carbonyl (C=O) groups is 1. The summed E-state index contributed by atoms with van der Waals surface area (Å²) >= 11 is 0. The van der Waals surface area contributed by atoms with E-state index in [9.17, 15) is 9.59 Å². The molecule has 1 amide bonds. The van der Waals surface area contributed by atoms with Crippen molar-refractivity contribution < 1.29 is 4.79 Å². The number of rotatable bonds is 4. The first-order valence-electron chi connectivity index (χ1n) is 8.73. The average Bonchev–Trinajstić information content (AvgIpc) is 3.07. The minimum absolute atomic E-state index is 0.210. The summed E-state index contributed by atoms with van der Waals surface area (Å²) in [5.74, 6) is -0.210. The highest BCUT2D eigenvalue weighted by atomic mass is 16.2. The van der Waals surface area contributed by atoms with Crippen molar-refractivity contribution in [1.29, 1.82) is 0 Å². The van der Waals surface area contributed by atoms with Crippen LogP contribution in [0.5, 0.6) is 0 Å². The Kier molecular flexibility index (Phi) is 4.23. The molecule has 0 atom stereocenters. The molecule has 2 aromatic heterocycles. The Morgan fingerprint density at radius 2 is 2.00 bits per heavy atom.